The smallest absolute Gasteiger partial charge is 0.0263 e. The maximum Gasteiger partial charge on any atom is -0.0263 e. The Balaban J connectivity index is -0.000000294. The molecule has 0 heteroatoms. The Hall–Kier alpha value is -3.64. The van der Waals surface area contributed by atoms with Crippen molar-refractivity contribution in [3.05, 3.63) is 161 Å². The quantitative estimate of drug-likeness (QED) is 0.461. The fraction of sp³-hybridized carbons (Fsp3) is 0. The molecule has 0 amide bonds. The third-order valence-corrected chi connectivity index (χ3v) is 2.57. The van der Waals surface area contributed by atoms with Gasteiger partial charge in [0.2, 0.25) is 0 Å². The normalized spacial score (nSPS) is 7.00. The van der Waals surface area contributed by atoms with Crippen LogP contribution in [0, 0.1) is 0 Å². The Morgan fingerprint density at radius 3 is 0.679 bits per heavy atom. The van der Waals surface area contributed by atoms with Gasteiger partial charge in [0.25, 0.3) is 0 Å². The zero-order valence-electron chi connectivity index (χ0n) is 17.0. The summed E-state index contributed by atoms with van der Waals surface area (Å²) in [6.07, 6.45) is 13.5. The van der Waals surface area contributed by atoms with E-state index in [-0.39, 0.29) is 0 Å². The minimum absolute atomic E-state index is 1.17. The van der Waals surface area contributed by atoms with E-state index < -0.39 is 0 Å². The summed E-state index contributed by atoms with van der Waals surface area (Å²) >= 11 is 0. The van der Waals surface area contributed by atoms with Crippen molar-refractivity contribution in [2.45, 2.75) is 0 Å². The number of benzene rings is 2. The second kappa shape index (κ2) is 28.2. The Morgan fingerprint density at radius 2 is 0.571 bits per heavy atom. The molecule has 0 spiro atoms. The van der Waals surface area contributed by atoms with Crippen LogP contribution in [-0.4, -0.2) is 0 Å². The molecule has 0 N–H and O–H groups in total. The molecule has 0 saturated carbocycles. The highest BCUT2D eigenvalue weighted by molar-refractivity contribution is 5.46. The molecule has 0 aromatic heterocycles. The topological polar surface area (TPSA) is 0 Å². The first kappa shape index (κ1) is 29.1. The Bertz CT molecular complexity index is 568. The predicted octanol–water partition coefficient (Wildman–Crippen LogP) is 8.73. The van der Waals surface area contributed by atoms with Crippen molar-refractivity contribution in [3.63, 3.8) is 0 Å². The van der Waals surface area contributed by atoms with Crippen molar-refractivity contribution < 1.29 is 0 Å². The first-order chi connectivity index (χ1) is 13.6. The number of allylic oxidation sites excluding steroid dienone is 6. The average Bonchev–Trinajstić information content (AvgIpc) is 2.81. The Morgan fingerprint density at radius 1 is 0.357 bits per heavy atom. The summed E-state index contributed by atoms with van der Waals surface area (Å²) in [7, 11) is 0. The highest BCUT2D eigenvalue weighted by Crippen LogP contribution is 1.98. The van der Waals surface area contributed by atoms with Crippen molar-refractivity contribution in [2.75, 3.05) is 0 Å². The summed E-state index contributed by atoms with van der Waals surface area (Å²) in [6.45, 7) is 27.4. The van der Waals surface area contributed by atoms with Crippen LogP contribution < -0.4 is 0 Å². The summed E-state index contributed by atoms with van der Waals surface area (Å²) in [5.74, 6) is 0. The van der Waals surface area contributed by atoms with Gasteiger partial charge < -0.3 is 0 Å². The Labute approximate surface area is 173 Å². The third kappa shape index (κ3) is 27.2. The maximum atomic E-state index is 3.63. The molecular formula is C28H34. The van der Waals surface area contributed by atoms with E-state index in [1.54, 1.807) is 36.5 Å². The van der Waals surface area contributed by atoms with Crippen LogP contribution in [0.3, 0.4) is 0 Å². The van der Waals surface area contributed by atoms with Gasteiger partial charge in [-0.2, -0.15) is 0 Å². The summed E-state index contributed by atoms with van der Waals surface area (Å²) in [5, 5.41) is 0. The van der Waals surface area contributed by atoms with Crippen LogP contribution in [0.2, 0.25) is 0 Å². The molecule has 0 saturated heterocycles. The van der Waals surface area contributed by atoms with Gasteiger partial charge in [-0.05, 0) is 11.1 Å². The third-order valence-electron chi connectivity index (χ3n) is 2.57. The summed E-state index contributed by atoms with van der Waals surface area (Å²) in [4.78, 5) is 0. The van der Waals surface area contributed by atoms with Crippen molar-refractivity contribution in [2.24, 2.45) is 0 Å². The summed E-state index contributed by atoms with van der Waals surface area (Å²) in [6, 6.07) is 20.1. The number of rotatable bonds is 5. The van der Waals surface area contributed by atoms with Gasteiger partial charge in [0, 0.05) is 0 Å². The largest absolute Gasteiger partial charge is 0.0991 e. The fourth-order valence-electron chi connectivity index (χ4n) is 1.18. The maximum absolute atomic E-state index is 3.63. The van der Waals surface area contributed by atoms with E-state index in [0.29, 0.717) is 0 Å². The van der Waals surface area contributed by atoms with Gasteiger partial charge in [-0.25, -0.2) is 0 Å². The minimum atomic E-state index is 1.17. The molecule has 2 aromatic carbocycles. The molecule has 0 unspecified atom stereocenters. The Kier molecular flexibility index (Phi) is 29.3. The van der Waals surface area contributed by atoms with E-state index in [1.807, 2.05) is 72.8 Å². The van der Waals surface area contributed by atoms with Crippen LogP contribution in [0.15, 0.2) is 150 Å². The van der Waals surface area contributed by atoms with Gasteiger partial charge in [-0.15, -0.1) is 0 Å². The second-order valence-corrected chi connectivity index (χ2v) is 4.64. The zero-order valence-corrected chi connectivity index (χ0v) is 17.0. The van der Waals surface area contributed by atoms with Crippen LogP contribution in [0.5, 0.6) is 0 Å². The predicted molar refractivity (Wildman–Crippen MR) is 134 cm³/mol. The second-order valence-electron chi connectivity index (χ2n) is 4.64. The van der Waals surface area contributed by atoms with Gasteiger partial charge in [-0.1, -0.05) is 162 Å². The molecule has 146 valence electrons. The molecule has 0 fully saturated rings. The molecule has 0 nitrogen and oxygen atoms in total. The molecule has 0 aliphatic carbocycles. The van der Waals surface area contributed by atoms with Crippen LogP contribution in [0.1, 0.15) is 11.1 Å². The number of hydrogen-bond acceptors (Lipinski definition) is 0. The highest BCUT2D eigenvalue weighted by atomic mass is 13.8. The molecule has 0 aliphatic rings. The van der Waals surface area contributed by atoms with Crippen molar-refractivity contribution in [1.82, 2.24) is 0 Å². The lowest BCUT2D eigenvalue weighted by atomic mass is 10.2. The lowest BCUT2D eigenvalue weighted by Gasteiger charge is -1.85. The van der Waals surface area contributed by atoms with Crippen molar-refractivity contribution in [1.29, 1.82) is 0 Å². The van der Waals surface area contributed by atoms with Gasteiger partial charge in [0.15, 0.2) is 0 Å². The molecule has 2 rings (SSSR count). The lowest BCUT2D eigenvalue weighted by Crippen LogP contribution is -1.63. The molecule has 0 bridgehead atoms. The first-order valence-corrected chi connectivity index (χ1v) is 8.66. The summed E-state index contributed by atoms with van der Waals surface area (Å²) < 4.78 is 0. The fourth-order valence-corrected chi connectivity index (χ4v) is 1.18. The van der Waals surface area contributed by atoms with E-state index in [9.17, 15) is 0 Å². The van der Waals surface area contributed by atoms with Gasteiger partial charge in [0.05, 0.1) is 0 Å². The first-order valence-electron chi connectivity index (χ1n) is 8.66. The molecule has 0 heterocycles. The molecule has 0 radical (unpaired) electrons. The molecule has 0 aliphatic heterocycles. The zero-order chi connectivity index (χ0) is 21.9. The molecular weight excluding hydrogens is 336 g/mol. The van der Waals surface area contributed by atoms with E-state index >= 15 is 0 Å². The van der Waals surface area contributed by atoms with E-state index in [0.717, 1.165) is 0 Å². The average molecular weight is 371 g/mol. The van der Waals surface area contributed by atoms with Gasteiger partial charge in [-0.3, -0.25) is 0 Å². The highest BCUT2D eigenvalue weighted by Gasteiger charge is 1.76. The molecule has 2 aromatic rings. The molecule has 28 heavy (non-hydrogen) atoms. The van der Waals surface area contributed by atoms with Crippen LogP contribution in [-0.2, 0) is 0 Å². The van der Waals surface area contributed by atoms with E-state index in [2.05, 4.69) is 52.6 Å². The molecule has 0 atom stereocenters. The lowest BCUT2D eigenvalue weighted by molar-refractivity contribution is 1.67. The minimum Gasteiger partial charge on any atom is -0.0991 e. The summed E-state index contributed by atoms with van der Waals surface area (Å²) in [5.41, 5.74) is 2.35. The number of hydrogen-bond donors (Lipinski definition) is 0. The van der Waals surface area contributed by atoms with Gasteiger partial charge in [0.1, 0.15) is 0 Å². The van der Waals surface area contributed by atoms with E-state index in [1.165, 1.54) is 11.1 Å². The van der Waals surface area contributed by atoms with Crippen LogP contribution >= 0.6 is 0 Å². The monoisotopic (exact) mass is 370 g/mol. The van der Waals surface area contributed by atoms with Crippen molar-refractivity contribution in [3.8, 4) is 0 Å². The van der Waals surface area contributed by atoms with Crippen LogP contribution in [0.25, 0.3) is 12.2 Å². The van der Waals surface area contributed by atoms with Crippen molar-refractivity contribution >= 4 is 12.2 Å². The van der Waals surface area contributed by atoms with Crippen LogP contribution in [0.4, 0.5) is 0 Å². The van der Waals surface area contributed by atoms with Gasteiger partial charge >= 0.3 is 0 Å². The standard InChI is InChI=1S/2C8H8.3C4H6/c2*1-2-8-6-4-3-5-7-8;3*1-3-4-2/h2*2-7H,1H2;3*3-4H,1-2H2. The van der Waals surface area contributed by atoms with E-state index in [4.69, 9.17) is 0 Å². The SMILES string of the molecule is C=CC=C.C=CC=C.C=CC=C.C=Cc1ccccc1.C=Cc1ccccc1.